The maximum absolute atomic E-state index is 13.2. The second-order valence-corrected chi connectivity index (χ2v) is 8.28. The van der Waals surface area contributed by atoms with Crippen LogP contribution in [0.25, 0.3) is 0 Å². The Hall–Kier alpha value is -2.50. The number of aliphatic hydroxyl groups is 1. The predicted molar refractivity (Wildman–Crippen MR) is 90.0 cm³/mol. The quantitative estimate of drug-likeness (QED) is 0.528. The Kier molecular flexibility index (Phi) is 3.13. The molecule has 0 spiro atoms. The van der Waals surface area contributed by atoms with Gasteiger partial charge in [0.15, 0.2) is 17.3 Å². The average molecular weight is 356 g/mol. The largest absolute Gasteiger partial charge is 0.504 e. The van der Waals surface area contributed by atoms with E-state index in [-0.39, 0.29) is 59.2 Å². The maximum atomic E-state index is 13.2. The van der Waals surface area contributed by atoms with Crippen molar-refractivity contribution in [2.45, 2.75) is 53.1 Å². The molecule has 1 heterocycles. The minimum absolute atomic E-state index is 0.0192. The topological polar surface area (TPSA) is 97.7 Å². The lowest BCUT2D eigenvalue weighted by atomic mass is 9.52. The number of ketones is 4. The van der Waals surface area contributed by atoms with Crippen LogP contribution in [0.15, 0.2) is 33.8 Å². The molecule has 26 heavy (non-hydrogen) atoms. The van der Waals surface area contributed by atoms with Crippen LogP contribution in [0.5, 0.6) is 0 Å². The molecule has 0 saturated heterocycles. The number of hydrogen-bond donors (Lipinski definition) is 1. The normalized spacial score (nSPS) is 33.3. The van der Waals surface area contributed by atoms with Crippen molar-refractivity contribution in [1.82, 2.24) is 0 Å². The summed E-state index contributed by atoms with van der Waals surface area (Å²) >= 11 is 0. The summed E-state index contributed by atoms with van der Waals surface area (Å²) < 4.78 is 5.58. The highest BCUT2D eigenvalue weighted by atomic mass is 16.5. The summed E-state index contributed by atoms with van der Waals surface area (Å²) in [6.07, 6.45) is 0.415. The van der Waals surface area contributed by atoms with Gasteiger partial charge in [-0.15, -0.1) is 0 Å². The molecule has 0 aromatic carbocycles. The van der Waals surface area contributed by atoms with Gasteiger partial charge < -0.3 is 9.84 Å². The highest BCUT2D eigenvalue weighted by Gasteiger charge is 2.59. The smallest absolute Gasteiger partial charge is 0.231 e. The molecule has 4 rings (SSSR count). The van der Waals surface area contributed by atoms with Crippen LogP contribution in [0.4, 0.5) is 0 Å². The summed E-state index contributed by atoms with van der Waals surface area (Å²) in [5.74, 6) is -2.52. The zero-order chi connectivity index (χ0) is 19.2. The number of aliphatic hydroxyl groups excluding tert-OH is 1. The molecular weight excluding hydrogens is 336 g/mol. The molecule has 0 aromatic heterocycles. The van der Waals surface area contributed by atoms with Crippen molar-refractivity contribution in [3.8, 4) is 0 Å². The van der Waals surface area contributed by atoms with E-state index in [2.05, 4.69) is 0 Å². The van der Waals surface area contributed by atoms with Crippen molar-refractivity contribution in [3.05, 3.63) is 33.8 Å². The molecule has 0 amide bonds. The molecule has 1 aliphatic heterocycles. The third-order valence-electron chi connectivity index (χ3n) is 6.23. The zero-order valence-electron chi connectivity index (χ0n) is 15.2. The SMILES string of the molecule is C[C@H]1CC2=C(O1)C(=O)C1=C(C(=O)C(O)=C3C(C)(C)C(=O)CC[C@]13C)C2=O. The molecule has 1 fully saturated rings. The number of allylic oxidation sites excluding steroid dienone is 3. The summed E-state index contributed by atoms with van der Waals surface area (Å²) in [7, 11) is 0. The van der Waals surface area contributed by atoms with Crippen molar-refractivity contribution in [3.63, 3.8) is 0 Å². The van der Waals surface area contributed by atoms with Gasteiger partial charge in [-0.1, -0.05) is 6.92 Å². The van der Waals surface area contributed by atoms with E-state index in [0.29, 0.717) is 0 Å². The van der Waals surface area contributed by atoms with E-state index in [0.717, 1.165) is 0 Å². The van der Waals surface area contributed by atoms with Gasteiger partial charge in [-0.05, 0) is 32.8 Å². The Morgan fingerprint density at radius 2 is 1.69 bits per heavy atom. The number of rotatable bonds is 0. The van der Waals surface area contributed by atoms with Crippen LogP contribution in [-0.2, 0) is 23.9 Å². The van der Waals surface area contributed by atoms with E-state index in [1.54, 1.807) is 27.7 Å². The molecule has 3 aliphatic carbocycles. The molecule has 6 nitrogen and oxygen atoms in total. The van der Waals surface area contributed by atoms with Gasteiger partial charge in [-0.3, -0.25) is 19.2 Å². The van der Waals surface area contributed by atoms with Crippen molar-refractivity contribution < 1.29 is 29.0 Å². The first-order valence-electron chi connectivity index (χ1n) is 8.78. The summed E-state index contributed by atoms with van der Waals surface area (Å²) in [5, 5.41) is 10.7. The van der Waals surface area contributed by atoms with Gasteiger partial charge in [0.25, 0.3) is 0 Å². The van der Waals surface area contributed by atoms with E-state index >= 15 is 0 Å². The van der Waals surface area contributed by atoms with Gasteiger partial charge in [0, 0.05) is 29.2 Å². The Balaban J connectivity index is 1.98. The lowest BCUT2D eigenvalue weighted by molar-refractivity contribution is -0.130. The second-order valence-electron chi connectivity index (χ2n) is 8.28. The maximum Gasteiger partial charge on any atom is 0.231 e. The molecule has 4 aliphatic rings. The fourth-order valence-corrected chi connectivity index (χ4v) is 4.98. The molecule has 0 unspecified atom stereocenters. The molecular formula is C20H20O6. The number of carbonyl (C=O) groups is 4. The molecule has 0 bridgehead atoms. The van der Waals surface area contributed by atoms with E-state index in [1.807, 2.05) is 0 Å². The third kappa shape index (κ3) is 1.77. The van der Waals surface area contributed by atoms with Crippen LogP contribution in [0.3, 0.4) is 0 Å². The fraction of sp³-hybridized carbons (Fsp3) is 0.500. The minimum atomic E-state index is -1.09. The first kappa shape index (κ1) is 16.9. The number of carbonyl (C=O) groups excluding carboxylic acids is 4. The molecule has 2 atom stereocenters. The van der Waals surface area contributed by atoms with Crippen LogP contribution in [0.2, 0.25) is 0 Å². The number of Topliss-reactive ketones (excluding diaryl/α,β-unsaturated/α-hetero) is 4. The van der Waals surface area contributed by atoms with Crippen LogP contribution in [0.1, 0.15) is 47.0 Å². The monoisotopic (exact) mass is 356 g/mol. The number of hydrogen-bond acceptors (Lipinski definition) is 6. The lowest BCUT2D eigenvalue weighted by Crippen LogP contribution is -2.49. The first-order valence-corrected chi connectivity index (χ1v) is 8.78. The van der Waals surface area contributed by atoms with E-state index in [9.17, 15) is 24.3 Å². The van der Waals surface area contributed by atoms with E-state index in [1.165, 1.54) is 0 Å². The molecule has 0 radical (unpaired) electrons. The van der Waals surface area contributed by atoms with Crippen LogP contribution < -0.4 is 0 Å². The lowest BCUT2D eigenvalue weighted by Gasteiger charge is -2.48. The van der Waals surface area contributed by atoms with Gasteiger partial charge in [0.05, 0.1) is 11.1 Å². The van der Waals surface area contributed by atoms with E-state index < -0.39 is 33.9 Å². The van der Waals surface area contributed by atoms with Crippen molar-refractivity contribution in [2.24, 2.45) is 10.8 Å². The van der Waals surface area contributed by atoms with Crippen LogP contribution >= 0.6 is 0 Å². The number of fused-ring (bicyclic) bond motifs is 2. The van der Waals surface area contributed by atoms with Crippen molar-refractivity contribution in [2.75, 3.05) is 0 Å². The van der Waals surface area contributed by atoms with Gasteiger partial charge in [0.1, 0.15) is 11.9 Å². The first-order chi connectivity index (χ1) is 12.0. The van der Waals surface area contributed by atoms with Crippen LogP contribution in [0, 0.1) is 10.8 Å². The van der Waals surface area contributed by atoms with E-state index in [4.69, 9.17) is 4.74 Å². The highest BCUT2D eigenvalue weighted by molar-refractivity contribution is 6.39. The number of ether oxygens (including phenoxy) is 1. The summed E-state index contributed by atoms with van der Waals surface area (Å²) in [6.45, 7) is 6.77. The minimum Gasteiger partial charge on any atom is -0.504 e. The average Bonchev–Trinajstić information content (AvgIpc) is 2.95. The fourth-order valence-electron chi connectivity index (χ4n) is 4.98. The van der Waals surface area contributed by atoms with Crippen LogP contribution in [-0.4, -0.2) is 34.3 Å². The Labute approximate surface area is 150 Å². The molecule has 6 heteroatoms. The molecule has 1 N–H and O–H groups in total. The van der Waals surface area contributed by atoms with Gasteiger partial charge in [-0.2, -0.15) is 0 Å². The zero-order valence-corrected chi connectivity index (χ0v) is 15.2. The van der Waals surface area contributed by atoms with Crippen molar-refractivity contribution >= 4 is 23.1 Å². The Bertz CT molecular complexity index is 926. The standard InChI is InChI=1S/C20H20O6/c1-8-7-9-13(22)11-12(15(24)17(9)26-8)20(4)6-5-10(21)19(2,3)18(20)16(25)14(11)23/h8,25H,5-7H2,1-4H3/t8-,20+/m0/s1. The Morgan fingerprint density at radius 1 is 1.04 bits per heavy atom. The van der Waals surface area contributed by atoms with Crippen molar-refractivity contribution in [1.29, 1.82) is 0 Å². The Morgan fingerprint density at radius 3 is 2.35 bits per heavy atom. The summed E-state index contributed by atoms with van der Waals surface area (Å²) in [4.78, 5) is 51.5. The van der Waals surface area contributed by atoms with Gasteiger partial charge in [-0.25, -0.2) is 0 Å². The second kappa shape index (κ2) is 4.81. The predicted octanol–water partition coefficient (Wildman–Crippen LogP) is 2.29. The van der Waals surface area contributed by atoms with Gasteiger partial charge >= 0.3 is 0 Å². The molecule has 0 aromatic rings. The third-order valence-corrected chi connectivity index (χ3v) is 6.23. The summed E-state index contributed by atoms with van der Waals surface area (Å²) in [5.41, 5.74) is -1.87. The molecule has 136 valence electrons. The highest BCUT2D eigenvalue weighted by Crippen LogP contribution is 2.58. The molecule has 1 saturated carbocycles. The summed E-state index contributed by atoms with van der Waals surface area (Å²) in [6, 6.07) is 0. The van der Waals surface area contributed by atoms with Gasteiger partial charge in [0.2, 0.25) is 11.6 Å².